The Labute approximate surface area is 115 Å². The van der Waals surface area contributed by atoms with E-state index in [0.29, 0.717) is 11.6 Å². The number of hydrogen-bond acceptors (Lipinski definition) is 6. The zero-order valence-electron chi connectivity index (χ0n) is 11.4. The van der Waals surface area contributed by atoms with Crippen molar-refractivity contribution in [3.8, 4) is 0 Å². The number of fused-ring (bicyclic) bond motifs is 1. The van der Waals surface area contributed by atoms with Crippen LogP contribution in [0.4, 0.5) is 11.8 Å². The molecule has 3 aromatic rings. The number of nitrogens with zero attached hydrogens (tertiary/aromatic N) is 5. The van der Waals surface area contributed by atoms with Gasteiger partial charge in [0.25, 0.3) is 0 Å². The molecule has 20 heavy (non-hydrogen) atoms. The third-order valence-corrected chi connectivity index (χ3v) is 3.11. The summed E-state index contributed by atoms with van der Waals surface area (Å²) in [5.74, 6) is 1.30. The van der Waals surface area contributed by atoms with Gasteiger partial charge in [-0.1, -0.05) is 0 Å². The molecular weight excluding hydrogens is 256 g/mol. The van der Waals surface area contributed by atoms with Crippen molar-refractivity contribution in [2.24, 2.45) is 7.05 Å². The Hall–Kier alpha value is -2.64. The lowest BCUT2D eigenvalue weighted by atomic mass is 10.3. The summed E-state index contributed by atoms with van der Waals surface area (Å²) in [5, 5.41) is 10.4. The molecule has 0 atom stereocenters. The Balaban J connectivity index is 1.76. The molecule has 0 unspecified atom stereocenters. The Morgan fingerprint density at radius 3 is 3.00 bits per heavy atom. The van der Waals surface area contributed by atoms with Crippen molar-refractivity contribution in [3.63, 3.8) is 0 Å². The maximum Gasteiger partial charge on any atom is 0.226 e. The molecule has 0 spiro atoms. The molecule has 0 aliphatic carbocycles. The molecule has 0 fully saturated rings. The topological polar surface area (TPSA) is 96.3 Å². The van der Waals surface area contributed by atoms with E-state index in [4.69, 9.17) is 0 Å². The highest BCUT2D eigenvalue weighted by atomic mass is 15.3. The smallest absolute Gasteiger partial charge is 0.226 e. The van der Waals surface area contributed by atoms with Crippen LogP contribution in [-0.2, 0) is 13.5 Å². The molecule has 0 aliphatic rings. The molecule has 0 amide bonds. The first kappa shape index (κ1) is 12.4. The number of aromatic amines is 1. The van der Waals surface area contributed by atoms with Crippen LogP contribution in [0.3, 0.4) is 0 Å². The van der Waals surface area contributed by atoms with Crippen LogP contribution in [0.5, 0.6) is 0 Å². The van der Waals surface area contributed by atoms with Crippen LogP contribution in [0.15, 0.2) is 18.6 Å². The molecule has 0 bridgehead atoms. The molecular formula is C12H16N8. The lowest BCUT2D eigenvalue weighted by molar-refractivity contribution is 0.711. The first-order chi connectivity index (χ1) is 9.78. The summed E-state index contributed by atoms with van der Waals surface area (Å²) >= 11 is 0. The Morgan fingerprint density at radius 2 is 2.25 bits per heavy atom. The minimum atomic E-state index is 0.549. The van der Waals surface area contributed by atoms with Crippen molar-refractivity contribution >= 4 is 22.9 Å². The number of hydrogen-bond donors (Lipinski definition) is 3. The summed E-state index contributed by atoms with van der Waals surface area (Å²) in [6, 6.07) is 2.01. The van der Waals surface area contributed by atoms with E-state index in [1.165, 1.54) is 5.69 Å². The molecule has 0 aliphatic heterocycles. The zero-order chi connectivity index (χ0) is 13.9. The fraction of sp³-hybridized carbons (Fsp3) is 0.333. The van der Waals surface area contributed by atoms with Gasteiger partial charge in [-0.25, -0.2) is 4.98 Å². The first-order valence-corrected chi connectivity index (χ1v) is 6.37. The van der Waals surface area contributed by atoms with Gasteiger partial charge in [0.15, 0.2) is 11.5 Å². The van der Waals surface area contributed by atoms with Gasteiger partial charge < -0.3 is 15.6 Å². The molecule has 8 nitrogen and oxygen atoms in total. The van der Waals surface area contributed by atoms with E-state index in [-0.39, 0.29) is 0 Å². The highest BCUT2D eigenvalue weighted by molar-refractivity contribution is 5.83. The minimum Gasteiger partial charge on any atom is -0.368 e. The molecule has 3 aromatic heterocycles. The van der Waals surface area contributed by atoms with Gasteiger partial charge in [-0.3, -0.25) is 4.68 Å². The van der Waals surface area contributed by atoms with Crippen molar-refractivity contribution < 1.29 is 0 Å². The third kappa shape index (κ3) is 2.27. The number of aryl methyl sites for hydroxylation is 1. The maximum absolute atomic E-state index is 4.41. The molecule has 0 aromatic carbocycles. The van der Waals surface area contributed by atoms with Crippen LogP contribution in [0.1, 0.15) is 5.69 Å². The van der Waals surface area contributed by atoms with E-state index >= 15 is 0 Å². The summed E-state index contributed by atoms with van der Waals surface area (Å²) in [7, 11) is 3.72. The van der Waals surface area contributed by atoms with Gasteiger partial charge in [0, 0.05) is 39.0 Å². The second-order valence-electron chi connectivity index (χ2n) is 4.37. The second-order valence-corrected chi connectivity index (χ2v) is 4.37. The van der Waals surface area contributed by atoms with Crippen molar-refractivity contribution in [1.29, 1.82) is 0 Å². The van der Waals surface area contributed by atoms with Crippen molar-refractivity contribution in [2.75, 3.05) is 24.2 Å². The Kier molecular flexibility index (Phi) is 3.20. The van der Waals surface area contributed by atoms with Gasteiger partial charge >= 0.3 is 0 Å². The monoisotopic (exact) mass is 272 g/mol. The molecule has 8 heteroatoms. The lowest BCUT2D eigenvalue weighted by Crippen LogP contribution is -2.11. The van der Waals surface area contributed by atoms with Gasteiger partial charge in [0.05, 0.1) is 6.33 Å². The molecule has 0 radical (unpaired) electrons. The summed E-state index contributed by atoms with van der Waals surface area (Å²) in [6.45, 7) is 0.758. The standard InChI is InChI=1S/C12H16N8/c1-13-12-18-10(9-11(19-12)16-7-15-9)14-5-3-8-4-6-17-20(8)2/h4,6-7H,3,5H2,1-2H3,(H3,13,14,15,16,18,19). The summed E-state index contributed by atoms with van der Waals surface area (Å²) in [4.78, 5) is 15.9. The number of H-pyrrole nitrogens is 1. The number of imidazole rings is 1. The number of nitrogens with one attached hydrogen (secondary N) is 3. The van der Waals surface area contributed by atoms with Crippen LogP contribution in [0.2, 0.25) is 0 Å². The quantitative estimate of drug-likeness (QED) is 0.635. The molecule has 3 heterocycles. The van der Waals surface area contributed by atoms with Crippen molar-refractivity contribution in [3.05, 3.63) is 24.3 Å². The highest BCUT2D eigenvalue weighted by Gasteiger charge is 2.09. The Bertz CT molecular complexity index is 713. The van der Waals surface area contributed by atoms with E-state index in [0.717, 1.165) is 24.3 Å². The predicted molar refractivity (Wildman–Crippen MR) is 76.6 cm³/mol. The number of aromatic nitrogens is 6. The lowest BCUT2D eigenvalue weighted by Gasteiger charge is -2.08. The van der Waals surface area contributed by atoms with E-state index < -0.39 is 0 Å². The average Bonchev–Trinajstić information content (AvgIpc) is 3.07. The van der Waals surface area contributed by atoms with Crippen LogP contribution in [0.25, 0.3) is 11.2 Å². The maximum atomic E-state index is 4.41. The molecule has 0 saturated carbocycles. The van der Waals surface area contributed by atoms with Gasteiger partial charge in [-0.2, -0.15) is 15.1 Å². The normalized spacial score (nSPS) is 10.9. The van der Waals surface area contributed by atoms with Gasteiger partial charge in [-0.05, 0) is 6.07 Å². The third-order valence-electron chi connectivity index (χ3n) is 3.11. The zero-order valence-corrected chi connectivity index (χ0v) is 11.4. The second kappa shape index (κ2) is 5.16. The molecule has 0 saturated heterocycles. The van der Waals surface area contributed by atoms with E-state index in [1.807, 2.05) is 17.8 Å². The van der Waals surface area contributed by atoms with Crippen LogP contribution in [0, 0.1) is 0 Å². The SMILES string of the molecule is CNc1nc(NCCc2ccnn2C)c2[nH]cnc2n1. The summed E-state index contributed by atoms with van der Waals surface area (Å²) in [5.41, 5.74) is 2.63. The van der Waals surface area contributed by atoms with E-state index in [2.05, 4.69) is 35.7 Å². The highest BCUT2D eigenvalue weighted by Crippen LogP contribution is 2.18. The summed E-state index contributed by atoms with van der Waals surface area (Å²) < 4.78 is 1.87. The van der Waals surface area contributed by atoms with Crippen LogP contribution in [-0.4, -0.2) is 43.3 Å². The molecule has 3 N–H and O–H groups in total. The largest absolute Gasteiger partial charge is 0.368 e. The predicted octanol–water partition coefficient (Wildman–Crippen LogP) is 0.783. The van der Waals surface area contributed by atoms with Crippen molar-refractivity contribution in [1.82, 2.24) is 29.7 Å². The fourth-order valence-electron chi connectivity index (χ4n) is 2.03. The fourth-order valence-corrected chi connectivity index (χ4v) is 2.03. The summed E-state index contributed by atoms with van der Waals surface area (Å²) in [6.07, 6.45) is 4.28. The van der Waals surface area contributed by atoms with Gasteiger partial charge in [-0.15, -0.1) is 0 Å². The van der Waals surface area contributed by atoms with Crippen molar-refractivity contribution in [2.45, 2.75) is 6.42 Å². The van der Waals surface area contributed by atoms with Gasteiger partial charge in [0.2, 0.25) is 5.95 Å². The number of rotatable bonds is 5. The average molecular weight is 272 g/mol. The van der Waals surface area contributed by atoms with Crippen LogP contribution < -0.4 is 10.6 Å². The Morgan fingerprint density at radius 1 is 1.35 bits per heavy atom. The minimum absolute atomic E-state index is 0.549. The molecule has 104 valence electrons. The van der Waals surface area contributed by atoms with E-state index in [9.17, 15) is 0 Å². The first-order valence-electron chi connectivity index (χ1n) is 6.37. The number of anilines is 2. The molecule has 3 rings (SSSR count). The van der Waals surface area contributed by atoms with E-state index in [1.54, 1.807) is 19.6 Å². The van der Waals surface area contributed by atoms with Gasteiger partial charge in [0.1, 0.15) is 5.52 Å². The van der Waals surface area contributed by atoms with Crippen LogP contribution >= 0.6 is 0 Å².